The highest BCUT2D eigenvalue weighted by atomic mass is 35.5. The molecule has 0 unspecified atom stereocenters. The van der Waals surface area contributed by atoms with Crippen molar-refractivity contribution in [1.82, 2.24) is 4.90 Å². The number of halogens is 1. The van der Waals surface area contributed by atoms with E-state index >= 15 is 0 Å². The summed E-state index contributed by atoms with van der Waals surface area (Å²) in [5.41, 5.74) is 3.34. The molecule has 1 spiro atoms. The number of methoxy groups -OCH3 is 1. The molecule has 11 heteroatoms. The van der Waals surface area contributed by atoms with Gasteiger partial charge in [0.1, 0.15) is 11.5 Å². The average molecular weight is 707 g/mol. The number of hydrogen-bond acceptors (Lipinski definition) is 7. The first kappa shape index (κ1) is 35.4. The summed E-state index contributed by atoms with van der Waals surface area (Å²) in [6.07, 6.45) is 7.56. The summed E-state index contributed by atoms with van der Waals surface area (Å²) in [5.74, 6) is -0.453. The highest BCUT2D eigenvalue weighted by Gasteiger charge is 2.42. The molecule has 3 aliphatic heterocycles. The maximum Gasteiger partial charge on any atom is 0.285 e. The quantitative estimate of drug-likeness (QED) is 0.345. The van der Waals surface area contributed by atoms with Gasteiger partial charge < -0.3 is 19.3 Å². The first-order chi connectivity index (χ1) is 23.4. The lowest BCUT2D eigenvalue weighted by atomic mass is 9.70. The zero-order chi connectivity index (χ0) is 34.9. The minimum atomic E-state index is -3.27. The molecule has 0 N–H and O–H groups in total. The predicted molar refractivity (Wildman–Crippen MR) is 193 cm³/mol. The number of hydrogen-bond donors (Lipinski definition) is 0. The molecule has 0 aromatic heterocycles. The maximum absolute atomic E-state index is 14.5. The number of benzene rings is 2. The molecule has 49 heavy (non-hydrogen) atoms. The fraction of sp³-hybridized carbons (Fsp3) is 0.553. The molecule has 2 bridgehead atoms. The summed E-state index contributed by atoms with van der Waals surface area (Å²) in [5, 5.41) is 9.91. The summed E-state index contributed by atoms with van der Waals surface area (Å²) in [4.78, 5) is 31.0. The Labute approximate surface area is 295 Å². The number of likely N-dealkylation sites (tertiary alicyclic amines) is 1. The third kappa shape index (κ3) is 7.54. The van der Waals surface area contributed by atoms with E-state index in [4.69, 9.17) is 21.1 Å². The number of aryl methyl sites for hydroxylation is 1. The third-order valence-electron chi connectivity index (χ3n) is 10.9. The number of rotatable bonds is 3. The van der Waals surface area contributed by atoms with Crippen LogP contribution in [0.4, 0.5) is 5.69 Å². The van der Waals surface area contributed by atoms with Crippen LogP contribution in [0.25, 0.3) is 0 Å². The van der Waals surface area contributed by atoms with Crippen molar-refractivity contribution >= 4 is 38.8 Å². The molecule has 9 nitrogen and oxygen atoms in total. The van der Waals surface area contributed by atoms with Crippen molar-refractivity contribution in [3.8, 4) is 11.8 Å². The van der Waals surface area contributed by atoms with Gasteiger partial charge in [0.05, 0.1) is 40.1 Å². The largest absolute Gasteiger partial charge is 0.490 e. The second-order valence-electron chi connectivity index (χ2n) is 14.7. The van der Waals surface area contributed by atoms with Gasteiger partial charge >= 0.3 is 0 Å². The van der Waals surface area contributed by atoms with Crippen LogP contribution in [0.2, 0.25) is 5.02 Å². The Morgan fingerprint density at radius 2 is 1.98 bits per heavy atom. The molecule has 4 aliphatic rings. The third-order valence-corrected chi connectivity index (χ3v) is 13.4. The van der Waals surface area contributed by atoms with Gasteiger partial charge in [0.15, 0.2) is 0 Å². The van der Waals surface area contributed by atoms with Gasteiger partial charge in [0.25, 0.3) is 5.91 Å². The fourth-order valence-electron chi connectivity index (χ4n) is 7.89. The number of nitrogens with zero attached hydrogens (tertiary/aromatic N) is 4. The molecule has 0 saturated carbocycles. The van der Waals surface area contributed by atoms with Crippen molar-refractivity contribution in [3.05, 3.63) is 70.3 Å². The Hall–Kier alpha value is -3.39. The highest BCUT2D eigenvalue weighted by Crippen LogP contribution is 2.45. The van der Waals surface area contributed by atoms with E-state index in [1.807, 2.05) is 25.1 Å². The predicted octanol–water partition coefficient (Wildman–Crippen LogP) is 6.29. The Kier molecular flexibility index (Phi) is 10.5. The van der Waals surface area contributed by atoms with Crippen LogP contribution in [0, 0.1) is 35.0 Å². The first-order valence-corrected chi connectivity index (χ1v) is 19.6. The SMILES string of the molecule is CO[C@H]1/C=C/C[C@H](C)C[S@@](=O)(CC(=O)N2CC(C#N)C2)=NC(=O)c2ccc3c(c2)N(C[C@H](C)[C@H]1C)C[C@@]1(CCCc2cc(Cl)ccc21)CO3. The second-order valence-corrected chi connectivity index (χ2v) is 17.5. The van der Waals surface area contributed by atoms with Gasteiger partial charge in [0, 0.05) is 55.0 Å². The molecule has 6 atom stereocenters. The standard InChI is InChI=1S/C38H47ClN4O5S/c1-25-7-5-9-34(47-4)27(3)26(2)18-43-23-38(14-6-8-29-15-31(39)11-12-32(29)38)24-48-35-13-10-30(16-33(35)43)37(45)41-49(46,21-25)22-36(44)42-19-28(17-40)20-42/h5,9-13,15-16,25-28,34H,6-8,14,18-24H2,1-4H3/b9-5+/t25-,26-,27+,34-,38-,49+/m0/s1. The van der Waals surface area contributed by atoms with E-state index in [-0.39, 0.29) is 52.6 Å². The van der Waals surface area contributed by atoms with Gasteiger partial charge in [0.2, 0.25) is 5.91 Å². The normalized spacial score (nSPS) is 31.4. The van der Waals surface area contributed by atoms with Crippen molar-refractivity contribution in [3.63, 3.8) is 0 Å². The van der Waals surface area contributed by atoms with E-state index in [9.17, 15) is 19.1 Å². The molecular weight excluding hydrogens is 660 g/mol. The van der Waals surface area contributed by atoms with E-state index in [0.717, 1.165) is 30.0 Å². The molecule has 1 fully saturated rings. The van der Waals surface area contributed by atoms with Crippen LogP contribution >= 0.6 is 11.6 Å². The molecule has 1 saturated heterocycles. The van der Waals surface area contributed by atoms with Gasteiger partial charge in [-0.25, -0.2) is 4.21 Å². The molecule has 1 aliphatic carbocycles. The Morgan fingerprint density at radius 1 is 1.18 bits per heavy atom. The number of carbonyl (C=O) groups excluding carboxylic acids is 2. The molecule has 6 rings (SSSR count). The smallest absolute Gasteiger partial charge is 0.285 e. The van der Waals surface area contributed by atoms with Crippen molar-refractivity contribution in [2.45, 2.75) is 58.0 Å². The number of allylic oxidation sites excluding steroid dienone is 1. The van der Waals surface area contributed by atoms with Gasteiger partial charge in [-0.05, 0) is 84.9 Å². The summed E-state index contributed by atoms with van der Waals surface area (Å²) >= 11 is 6.44. The summed E-state index contributed by atoms with van der Waals surface area (Å²) in [6.45, 7) is 8.93. The van der Waals surface area contributed by atoms with E-state index in [2.05, 4.69) is 53.5 Å². The number of carbonyl (C=O) groups is 2. The van der Waals surface area contributed by atoms with E-state index in [0.29, 0.717) is 50.5 Å². The zero-order valence-corrected chi connectivity index (χ0v) is 30.5. The molecule has 262 valence electrons. The minimum absolute atomic E-state index is 0.0973. The van der Waals surface area contributed by atoms with E-state index in [1.54, 1.807) is 13.2 Å². The average Bonchev–Trinajstić information content (AvgIpc) is 3.18. The van der Waals surface area contributed by atoms with Crippen LogP contribution in [0.15, 0.2) is 52.9 Å². The van der Waals surface area contributed by atoms with Crippen LogP contribution in [0.5, 0.6) is 5.75 Å². The monoisotopic (exact) mass is 706 g/mol. The van der Waals surface area contributed by atoms with E-state index in [1.165, 1.54) is 16.0 Å². The molecule has 2 aromatic carbocycles. The summed E-state index contributed by atoms with van der Waals surface area (Å²) in [6, 6.07) is 13.7. The lowest BCUT2D eigenvalue weighted by molar-refractivity contribution is -0.133. The molecule has 2 aromatic rings. The van der Waals surface area contributed by atoms with Gasteiger partial charge in [-0.2, -0.15) is 9.62 Å². The maximum atomic E-state index is 14.5. The number of nitriles is 1. The molecular formula is C38H47ClN4O5S. The Balaban J connectivity index is 1.41. The van der Waals surface area contributed by atoms with Crippen LogP contribution in [0.3, 0.4) is 0 Å². The van der Waals surface area contributed by atoms with Crippen molar-refractivity contribution < 1.29 is 23.3 Å². The topological polar surface area (TPSA) is 112 Å². The fourth-order valence-corrected chi connectivity index (χ4v) is 10.3. The van der Waals surface area contributed by atoms with Gasteiger partial charge in [-0.3, -0.25) is 9.59 Å². The summed E-state index contributed by atoms with van der Waals surface area (Å²) in [7, 11) is -1.54. The first-order valence-electron chi connectivity index (χ1n) is 17.4. The Bertz CT molecular complexity index is 1790. The van der Waals surface area contributed by atoms with Crippen molar-refractivity contribution in [2.24, 2.45) is 28.0 Å². The van der Waals surface area contributed by atoms with E-state index < -0.39 is 15.6 Å². The number of fused-ring (bicyclic) bond motifs is 3. The van der Waals surface area contributed by atoms with Crippen LogP contribution < -0.4 is 9.64 Å². The van der Waals surface area contributed by atoms with Gasteiger partial charge in [-0.1, -0.05) is 50.6 Å². The van der Waals surface area contributed by atoms with Crippen LogP contribution in [0.1, 0.15) is 61.5 Å². The van der Waals surface area contributed by atoms with Crippen LogP contribution in [-0.4, -0.2) is 78.4 Å². The zero-order valence-electron chi connectivity index (χ0n) is 28.9. The lowest BCUT2D eigenvalue weighted by Gasteiger charge is -2.42. The number of ether oxygens (including phenoxy) is 2. The summed E-state index contributed by atoms with van der Waals surface area (Å²) < 4.78 is 31.4. The lowest BCUT2D eigenvalue weighted by Crippen LogP contribution is -2.51. The molecule has 3 heterocycles. The minimum Gasteiger partial charge on any atom is -0.490 e. The van der Waals surface area contributed by atoms with Crippen LogP contribution in [-0.2, 0) is 31.1 Å². The van der Waals surface area contributed by atoms with Crippen molar-refractivity contribution in [2.75, 3.05) is 56.3 Å². The Morgan fingerprint density at radius 3 is 2.73 bits per heavy atom. The molecule has 2 amide bonds. The number of amides is 2. The van der Waals surface area contributed by atoms with Gasteiger partial charge in [-0.15, -0.1) is 0 Å². The second kappa shape index (κ2) is 14.5. The highest BCUT2D eigenvalue weighted by molar-refractivity contribution is 7.94. The molecule has 0 radical (unpaired) electrons. The van der Waals surface area contributed by atoms with Crippen molar-refractivity contribution in [1.29, 1.82) is 5.26 Å². The number of anilines is 1.